The maximum absolute atomic E-state index is 12.6. The van der Waals surface area contributed by atoms with Gasteiger partial charge < -0.3 is 10.1 Å². The number of nitrogens with zero attached hydrogens (tertiary/aromatic N) is 2. The molecule has 0 saturated carbocycles. The van der Waals surface area contributed by atoms with Crippen molar-refractivity contribution in [2.45, 2.75) is 26.4 Å². The number of hydrogen-bond acceptors (Lipinski definition) is 5. The monoisotopic (exact) mass is 349 g/mol. The van der Waals surface area contributed by atoms with E-state index in [-0.39, 0.29) is 5.91 Å². The predicted octanol–water partition coefficient (Wildman–Crippen LogP) is 3.51. The standard InChI is InChI=1S/C20H19N3O3/c1-3-18(26-20(25)14-8-10-21-11-9-14)19(24)23-17-12-13(2)22-16-7-5-4-6-15(16)17/h4-12,18H,3H2,1-2H3,(H,22,23,24). The molecule has 1 amide bonds. The van der Waals surface area contributed by atoms with Gasteiger partial charge in [-0.05, 0) is 37.6 Å². The van der Waals surface area contributed by atoms with Crippen LogP contribution in [0.3, 0.4) is 0 Å². The lowest BCUT2D eigenvalue weighted by Gasteiger charge is -2.17. The summed E-state index contributed by atoms with van der Waals surface area (Å²) in [6.45, 7) is 3.66. The molecule has 0 spiro atoms. The van der Waals surface area contributed by atoms with Gasteiger partial charge in [0.25, 0.3) is 5.91 Å². The molecule has 3 rings (SSSR count). The van der Waals surface area contributed by atoms with E-state index in [0.29, 0.717) is 17.7 Å². The molecular formula is C20H19N3O3. The number of fused-ring (bicyclic) bond motifs is 1. The van der Waals surface area contributed by atoms with Crippen molar-refractivity contribution in [1.82, 2.24) is 9.97 Å². The predicted molar refractivity (Wildman–Crippen MR) is 98.8 cm³/mol. The number of para-hydroxylation sites is 1. The third kappa shape index (κ3) is 3.85. The van der Waals surface area contributed by atoms with Gasteiger partial charge in [-0.2, -0.15) is 0 Å². The van der Waals surface area contributed by atoms with Crippen LogP contribution in [-0.2, 0) is 9.53 Å². The minimum Gasteiger partial charge on any atom is -0.449 e. The Morgan fingerprint density at radius 3 is 2.62 bits per heavy atom. The molecule has 0 aliphatic heterocycles. The largest absolute Gasteiger partial charge is 0.449 e. The van der Waals surface area contributed by atoms with Crippen molar-refractivity contribution in [3.05, 3.63) is 66.1 Å². The van der Waals surface area contributed by atoms with Crippen LogP contribution >= 0.6 is 0 Å². The Bertz CT molecular complexity index is 941. The lowest BCUT2D eigenvalue weighted by atomic mass is 10.1. The minimum atomic E-state index is -0.886. The molecule has 0 radical (unpaired) electrons. The van der Waals surface area contributed by atoms with Crippen molar-refractivity contribution in [2.24, 2.45) is 0 Å². The van der Waals surface area contributed by atoms with Crippen LogP contribution in [0.2, 0.25) is 0 Å². The highest BCUT2D eigenvalue weighted by Gasteiger charge is 2.22. The Labute approximate surface area is 151 Å². The number of amides is 1. The first-order valence-electron chi connectivity index (χ1n) is 8.36. The highest BCUT2D eigenvalue weighted by atomic mass is 16.5. The van der Waals surface area contributed by atoms with Crippen LogP contribution in [0, 0.1) is 6.92 Å². The lowest BCUT2D eigenvalue weighted by molar-refractivity contribution is -0.124. The summed E-state index contributed by atoms with van der Waals surface area (Å²) in [4.78, 5) is 33.2. The van der Waals surface area contributed by atoms with Crippen molar-refractivity contribution < 1.29 is 14.3 Å². The number of pyridine rings is 2. The fourth-order valence-electron chi connectivity index (χ4n) is 2.63. The second-order valence-corrected chi connectivity index (χ2v) is 5.86. The van der Waals surface area contributed by atoms with Crippen molar-refractivity contribution in [1.29, 1.82) is 0 Å². The highest BCUT2D eigenvalue weighted by Crippen LogP contribution is 2.23. The molecule has 1 atom stereocenters. The Morgan fingerprint density at radius 1 is 1.15 bits per heavy atom. The second-order valence-electron chi connectivity index (χ2n) is 5.86. The van der Waals surface area contributed by atoms with E-state index in [0.717, 1.165) is 16.6 Å². The Morgan fingerprint density at radius 2 is 1.88 bits per heavy atom. The van der Waals surface area contributed by atoms with Crippen molar-refractivity contribution in [2.75, 3.05) is 5.32 Å². The molecule has 1 N–H and O–H groups in total. The third-order valence-electron chi connectivity index (χ3n) is 3.93. The van der Waals surface area contributed by atoms with E-state index in [9.17, 15) is 9.59 Å². The molecule has 6 heteroatoms. The molecule has 0 saturated heterocycles. The maximum Gasteiger partial charge on any atom is 0.339 e. The van der Waals surface area contributed by atoms with Gasteiger partial charge in [0.2, 0.25) is 0 Å². The highest BCUT2D eigenvalue weighted by molar-refractivity contribution is 6.03. The second kappa shape index (κ2) is 7.74. The van der Waals surface area contributed by atoms with Gasteiger partial charge in [0.15, 0.2) is 6.10 Å². The first-order valence-corrected chi connectivity index (χ1v) is 8.36. The Hall–Kier alpha value is -3.28. The minimum absolute atomic E-state index is 0.358. The van der Waals surface area contributed by atoms with E-state index < -0.39 is 12.1 Å². The number of anilines is 1. The maximum atomic E-state index is 12.6. The number of esters is 1. The van der Waals surface area contributed by atoms with Crippen LogP contribution < -0.4 is 5.32 Å². The SMILES string of the molecule is CCC(OC(=O)c1ccncc1)C(=O)Nc1cc(C)nc2ccccc12. The fraction of sp³-hybridized carbons (Fsp3) is 0.200. The summed E-state index contributed by atoms with van der Waals surface area (Å²) in [6.07, 6.45) is 2.49. The molecule has 2 heterocycles. The summed E-state index contributed by atoms with van der Waals surface area (Å²) in [5.41, 5.74) is 2.60. The molecule has 0 bridgehead atoms. The molecule has 26 heavy (non-hydrogen) atoms. The van der Waals surface area contributed by atoms with E-state index in [1.54, 1.807) is 25.1 Å². The molecule has 0 fully saturated rings. The van der Waals surface area contributed by atoms with Gasteiger partial charge in [-0.25, -0.2) is 4.79 Å². The molecular weight excluding hydrogens is 330 g/mol. The summed E-state index contributed by atoms with van der Waals surface area (Å²) in [7, 11) is 0. The third-order valence-corrected chi connectivity index (χ3v) is 3.93. The van der Waals surface area contributed by atoms with Crippen LogP contribution in [0.25, 0.3) is 10.9 Å². The van der Waals surface area contributed by atoms with E-state index in [4.69, 9.17) is 4.74 Å². The molecule has 0 aliphatic carbocycles. The van der Waals surface area contributed by atoms with Crippen LogP contribution in [0.4, 0.5) is 5.69 Å². The average molecular weight is 349 g/mol. The first kappa shape index (κ1) is 17.5. The summed E-state index contributed by atoms with van der Waals surface area (Å²) in [5.74, 6) is -0.921. The van der Waals surface area contributed by atoms with E-state index in [1.165, 1.54) is 12.4 Å². The van der Waals surface area contributed by atoms with E-state index in [1.807, 2.05) is 31.2 Å². The van der Waals surface area contributed by atoms with Gasteiger partial charge in [0.05, 0.1) is 16.8 Å². The number of aromatic nitrogens is 2. The number of rotatable bonds is 5. The van der Waals surface area contributed by atoms with Gasteiger partial charge in [-0.1, -0.05) is 25.1 Å². The number of benzene rings is 1. The zero-order chi connectivity index (χ0) is 18.5. The van der Waals surface area contributed by atoms with Gasteiger partial charge >= 0.3 is 5.97 Å². The van der Waals surface area contributed by atoms with Crippen LogP contribution in [-0.4, -0.2) is 27.9 Å². The zero-order valence-corrected chi connectivity index (χ0v) is 14.6. The molecule has 3 aromatic rings. The number of nitrogens with one attached hydrogen (secondary N) is 1. The number of carbonyl (C=O) groups is 2. The van der Waals surface area contributed by atoms with Crippen LogP contribution in [0.15, 0.2) is 54.9 Å². The Kier molecular flexibility index (Phi) is 5.22. The smallest absolute Gasteiger partial charge is 0.339 e. The zero-order valence-electron chi connectivity index (χ0n) is 14.6. The fourth-order valence-corrected chi connectivity index (χ4v) is 2.63. The summed E-state index contributed by atoms with van der Waals surface area (Å²) >= 11 is 0. The number of hydrogen-bond donors (Lipinski definition) is 1. The molecule has 1 aromatic carbocycles. The first-order chi connectivity index (χ1) is 12.6. The average Bonchev–Trinajstić information content (AvgIpc) is 2.66. The molecule has 0 aliphatic rings. The van der Waals surface area contributed by atoms with Gasteiger partial charge in [0.1, 0.15) is 0 Å². The topological polar surface area (TPSA) is 81.2 Å². The van der Waals surface area contributed by atoms with E-state index in [2.05, 4.69) is 15.3 Å². The van der Waals surface area contributed by atoms with E-state index >= 15 is 0 Å². The van der Waals surface area contributed by atoms with Crippen molar-refractivity contribution >= 4 is 28.5 Å². The Balaban J connectivity index is 1.79. The van der Waals surface area contributed by atoms with Crippen molar-refractivity contribution in [3.8, 4) is 0 Å². The van der Waals surface area contributed by atoms with Gasteiger partial charge in [-0.3, -0.25) is 14.8 Å². The van der Waals surface area contributed by atoms with Crippen LogP contribution in [0.5, 0.6) is 0 Å². The quantitative estimate of drug-likeness (QED) is 0.713. The van der Waals surface area contributed by atoms with Gasteiger partial charge in [0, 0.05) is 23.5 Å². The molecule has 2 aromatic heterocycles. The number of aryl methyl sites for hydroxylation is 1. The number of carbonyl (C=O) groups excluding carboxylic acids is 2. The van der Waals surface area contributed by atoms with Crippen LogP contribution in [0.1, 0.15) is 29.4 Å². The van der Waals surface area contributed by atoms with Gasteiger partial charge in [-0.15, -0.1) is 0 Å². The van der Waals surface area contributed by atoms with Crippen molar-refractivity contribution in [3.63, 3.8) is 0 Å². The lowest BCUT2D eigenvalue weighted by Crippen LogP contribution is -2.32. The number of ether oxygens (including phenoxy) is 1. The normalized spacial score (nSPS) is 11.8. The molecule has 132 valence electrons. The molecule has 1 unspecified atom stereocenters. The summed E-state index contributed by atoms with van der Waals surface area (Å²) < 4.78 is 5.37. The summed E-state index contributed by atoms with van der Waals surface area (Å²) in [5, 5.41) is 3.70. The summed E-state index contributed by atoms with van der Waals surface area (Å²) in [6, 6.07) is 12.5. The molecule has 6 nitrogen and oxygen atoms in total.